The van der Waals surface area contributed by atoms with Crippen molar-refractivity contribution < 1.29 is 14.7 Å². The summed E-state index contributed by atoms with van der Waals surface area (Å²) in [6.07, 6.45) is 8.33. The van der Waals surface area contributed by atoms with Gasteiger partial charge in [-0.25, -0.2) is 0 Å². The van der Waals surface area contributed by atoms with Crippen LogP contribution in [0.4, 0.5) is 0 Å². The summed E-state index contributed by atoms with van der Waals surface area (Å²) in [6, 6.07) is 0. The van der Waals surface area contributed by atoms with Crippen LogP contribution in [0.15, 0.2) is 0 Å². The molecule has 0 radical (unpaired) electrons. The zero-order valence-corrected chi connectivity index (χ0v) is 11.8. The fraction of sp³-hybridized carbons (Fsp3) is 0.867. The molecule has 2 rings (SSSR count). The molecule has 2 aliphatic rings. The van der Waals surface area contributed by atoms with Crippen LogP contribution in [0, 0.1) is 17.3 Å². The molecule has 2 fully saturated rings. The van der Waals surface area contributed by atoms with E-state index in [9.17, 15) is 9.59 Å². The summed E-state index contributed by atoms with van der Waals surface area (Å²) in [6.45, 7) is 2.46. The number of nitrogens with one attached hydrogen (secondary N) is 1. The van der Waals surface area contributed by atoms with Gasteiger partial charge in [0.1, 0.15) is 0 Å². The van der Waals surface area contributed by atoms with Gasteiger partial charge < -0.3 is 10.4 Å². The third-order valence-corrected chi connectivity index (χ3v) is 4.89. The van der Waals surface area contributed by atoms with Crippen LogP contribution in [0.2, 0.25) is 0 Å². The first kappa shape index (κ1) is 14.4. The zero-order chi connectivity index (χ0) is 13.9. The Morgan fingerprint density at radius 2 is 1.89 bits per heavy atom. The summed E-state index contributed by atoms with van der Waals surface area (Å²) in [5.41, 5.74) is -0.649. The second-order valence-corrected chi connectivity index (χ2v) is 6.44. The van der Waals surface area contributed by atoms with Crippen LogP contribution in [-0.2, 0) is 9.59 Å². The number of rotatable bonds is 6. The van der Waals surface area contributed by atoms with Crippen LogP contribution >= 0.6 is 0 Å². The molecule has 4 nitrogen and oxygen atoms in total. The molecular formula is C15H25NO3. The number of carbonyl (C=O) groups is 2. The highest BCUT2D eigenvalue weighted by atomic mass is 16.4. The largest absolute Gasteiger partial charge is 0.481 e. The molecule has 0 aromatic carbocycles. The lowest BCUT2D eigenvalue weighted by atomic mass is 9.79. The quantitative estimate of drug-likeness (QED) is 0.777. The van der Waals surface area contributed by atoms with Crippen molar-refractivity contribution in [2.24, 2.45) is 17.3 Å². The fourth-order valence-electron chi connectivity index (χ4n) is 3.12. The summed E-state index contributed by atoms with van der Waals surface area (Å²) in [4.78, 5) is 22.9. The van der Waals surface area contributed by atoms with Crippen molar-refractivity contribution in [2.45, 2.75) is 58.3 Å². The molecule has 0 aliphatic heterocycles. The molecule has 0 aromatic heterocycles. The molecule has 1 atom stereocenters. The summed E-state index contributed by atoms with van der Waals surface area (Å²) >= 11 is 0. The highest BCUT2D eigenvalue weighted by Crippen LogP contribution is 2.45. The monoisotopic (exact) mass is 267 g/mol. The lowest BCUT2D eigenvalue weighted by molar-refractivity contribution is -0.143. The number of hydrogen-bond donors (Lipinski definition) is 2. The normalized spacial score (nSPS) is 23.6. The molecular weight excluding hydrogens is 242 g/mol. The molecule has 2 aliphatic carbocycles. The predicted molar refractivity (Wildman–Crippen MR) is 72.7 cm³/mol. The Labute approximate surface area is 115 Å². The Kier molecular flexibility index (Phi) is 4.48. The number of amides is 1. The lowest BCUT2D eigenvalue weighted by Gasteiger charge is -2.27. The van der Waals surface area contributed by atoms with Crippen LogP contribution in [0.25, 0.3) is 0 Å². The van der Waals surface area contributed by atoms with Gasteiger partial charge in [0.05, 0.1) is 5.41 Å². The van der Waals surface area contributed by atoms with Gasteiger partial charge in [0, 0.05) is 13.0 Å². The van der Waals surface area contributed by atoms with E-state index in [1.54, 1.807) is 0 Å². The molecule has 0 aromatic rings. The van der Waals surface area contributed by atoms with E-state index in [0.717, 1.165) is 0 Å². The highest BCUT2D eigenvalue weighted by molar-refractivity contribution is 5.81. The van der Waals surface area contributed by atoms with E-state index in [4.69, 9.17) is 5.11 Å². The van der Waals surface area contributed by atoms with Crippen molar-refractivity contribution in [3.63, 3.8) is 0 Å². The molecule has 1 unspecified atom stereocenters. The molecule has 0 heterocycles. The third-order valence-electron chi connectivity index (χ3n) is 4.89. The molecule has 108 valence electrons. The minimum atomic E-state index is -0.770. The van der Waals surface area contributed by atoms with E-state index >= 15 is 0 Å². The van der Waals surface area contributed by atoms with Gasteiger partial charge in [-0.15, -0.1) is 0 Å². The van der Waals surface area contributed by atoms with Gasteiger partial charge in [-0.2, -0.15) is 0 Å². The maximum Gasteiger partial charge on any atom is 0.311 e. The van der Waals surface area contributed by atoms with Crippen molar-refractivity contribution in [2.75, 3.05) is 6.54 Å². The number of hydrogen-bond acceptors (Lipinski definition) is 2. The van der Waals surface area contributed by atoms with E-state index in [2.05, 4.69) is 12.2 Å². The van der Waals surface area contributed by atoms with Crippen molar-refractivity contribution in [1.82, 2.24) is 5.32 Å². The first-order valence-corrected chi connectivity index (χ1v) is 7.54. The second-order valence-electron chi connectivity index (χ2n) is 6.44. The molecule has 0 spiro atoms. The van der Waals surface area contributed by atoms with E-state index in [0.29, 0.717) is 37.6 Å². The topological polar surface area (TPSA) is 66.4 Å². The maximum absolute atomic E-state index is 11.9. The SMILES string of the molecule is CC(CC(=O)NCC1(C(=O)O)CC1)C1CCCCC1. The van der Waals surface area contributed by atoms with Gasteiger partial charge in [0.15, 0.2) is 0 Å². The molecule has 0 bridgehead atoms. The Hall–Kier alpha value is -1.06. The van der Waals surface area contributed by atoms with Crippen LogP contribution in [0.1, 0.15) is 58.3 Å². The zero-order valence-electron chi connectivity index (χ0n) is 11.8. The van der Waals surface area contributed by atoms with Crippen LogP contribution in [0.5, 0.6) is 0 Å². The Morgan fingerprint density at radius 3 is 2.42 bits per heavy atom. The Morgan fingerprint density at radius 1 is 1.26 bits per heavy atom. The van der Waals surface area contributed by atoms with E-state index in [1.165, 1.54) is 32.1 Å². The molecule has 19 heavy (non-hydrogen) atoms. The minimum Gasteiger partial charge on any atom is -0.481 e. The molecule has 0 saturated heterocycles. The summed E-state index contributed by atoms with van der Waals surface area (Å²) in [5, 5.41) is 11.9. The van der Waals surface area contributed by atoms with Crippen molar-refractivity contribution >= 4 is 11.9 Å². The maximum atomic E-state index is 11.9. The average molecular weight is 267 g/mol. The van der Waals surface area contributed by atoms with E-state index < -0.39 is 11.4 Å². The second kappa shape index (κ2) is 5.93. The number of aliphatic carboxylic acids is 1. The Bertz CT molecular complexity index is 343. The van der Waals surface area contributed by atoms with Crippen molar-refractivity contribution in [3.05, 3.63) is 0 Å². The van der Waals surface area contributed by atoms with Gasteiger partial charge in [0.2, 0.25) is 5.91 Å². The van der Waals surface area contributed by atoms with E-state index in [1.807, 2.05) is 0 Å². The molecule has 1 amide bonds. The van der Waals surface area contributed by atoms with Gasteiger partial charge >= 0.3 is 5.97 Å². The molecule has 2 N–H and O–H groups in total. The summed E-state index contributed by atoms with van der Waals surface area (Å²) in [7, 11) is 0. The van der Waals surface area contributed by atoms with Crippen LogP contribution < -0.4 is 5.32 Å². The fourth-order valence-corrected chi connectivity index (χ4v) is 3.12. The Balaban J connectivity index is 1.70. The lowest BCUT2D eigenvalue weighted by Crippen LogP contribution is -2.35. The van der Waals surface area contributed by atoms with Gasteiger partial charge in [0.25, 0.3) is 0 Å². The van der Waals surface area contributed by atoms with Crippen LogP contribution in [0.3, 0.4) is 0 Å². The standard InChI is InChI=1S/C15H25NO3/c1-11(12-5-3-2-4-6-12)9-13(17)16-10-15(7-8-15)14(18)19/h11-12H,2-10H2,1H3,(H,16,17)(H,18,19). The third kappa shape index (κ3) is 3.71. The first-order valence-electron chi connectivity index (χ1n) is 7.54. The first-order chi connectivity index (χ1) is 9.03. The van der Waals surface area contributed by atoms with Crippen LogP contribution in [-0.4, -0.2) is 23.5 Å². The smallest absolute Gasteiger partial charge is 0.311 e. The summed E-state index contributed by atoms with van der Waals surface area (Å²) < 4.78 is 0. The van der Waals surface area contributed by atoms with Gasteiger partial charge in [-0.05, 0) is 24.7 Å². The number of carbonyl (C=O) groups excluding carboxylic acids is 1. The van der Waals surface area contributed by atoms with Gasteiger partial charge in [-0.1, -0.05) is 39.0 Å². The predicted octanol–water partition coefficient (Wildman–Crippen LogP) is 2.57. The average Bonchev–Trinajstić information content (AvgIpc) is 3.18. The van der Waals surface area contributed by atoms with Gasteiger partial charge in [-0.3, -0.25) is 9.59 Å². The minimum absolute atomic E-state index is 0.0191. The van der Waals surface area contributed by atoms with E-state index in [-0.39, 0.29) is 5.91 Å². The van der Waals surface area contributed by atoms with Crippen molar-refractivity contribution in [1.29, 1.82) is 0 Å². The summed E-state index contributed by atoms with van der Waals surface area (Å²) in [5.74, 6) is 0.341. The molecule has 2 saturated carbocycles. The highest BCUT2D eigenvalue weighted by Gasteiger charge is 2.50. The molecule has 4 heteroatoms. The number of carboxylic acid groups (broad SMARTS) is 1. The van der Waals surface area contributed by atoms with Crippen molar-refractivity contribution in [3.8, 4) is 0 Å². The number of carboxylic acids is 1.